The first kappa shape index (κ1) is 29.8. The molecule has 0 unspecified atom stereocenters. The maximum atomic E-state index is 13.6. The zero-order valence-electron chi connectivity index (χ0n) is 22.1. The first-order valence-electron chi connectivity index (χ1n) is 12.4. The predicted octanol–water partition coefficient (Wildman–Crippen LogP) is 6.45. The van der Waals surface area contributed by atoms with Gasteiger partial charge in [-0.3, -0.25) is 9.59 Å². The molecule has 0 radical (unpaired) electrons. The average Bonchev–Trinajstić information content (AvgIpc) is 2.79. The Labute approximate surface area is 225 Å². The number of benzene rings is 2. The number of rotatable bonds is 12. The Morgan fingerprint density at radius 2 is 1.58 bits per heavy atom. The molecule has 0 heterocycles. The molecule has 0 saturated carbocycles. The molecular formula is C28H38Cl2N2O4. The summed E-state index contributed by atoms with van der Waals surface area (Å²) in [5.41, 5.74) is 1.13. The maximum absolute atomic E-state index is 13.6. The van der Waals surface area contributed by atoms with Crippen molar-refractivity contribution in [3.05, 3.63) is 57.6 Å². The molecule has 0 spiro atoms. The Bertz CT molecular complexity index is 1020. The molecular weight excluding hydrogens is 499 g/mol. The summed E-state index contributed by atoms with van der Waals surface area (Å²) in [5.74, 6) is 0.962. The SMILES string of the molecule is CCOc1ccc(CCC(=O)N(Cc2c(Cl)cccc2Cl)[C@@H](CC)C(=O)NC(C)(C)C)cc1OCC. The van der Waals surface area contributed by atoms with Crippen molar-refractivity contribution in [3.8, 4) is 11.5 Å². The van der Waals surface area contributed by atoms with Gasteiger partial charge in [0.25, 0.3) is 0 Å². The third-order valence-corrected chi connectivity index (χ3v) is 6.22. The third kappa shape index (κ3) is 8.59. The van der Waals surface area contributed by atoms with Crippen molar-refractivity contribution >= 4 is 35.0 Å². The molecule has 0 aromatic heterocycles. The number of nitrogens with zero attached hydrogens (tertiary/aromatic N) is 1. The molecule has 2 amide bonds. The van der Waals surface area contributed by atoms with Gasteiger partial charge in [-0.2, -0.15) is 0 Å². The first-order valence-corrected chi connectivity index (χ1v) is 13.2. The van der Waals surface area contributed by atoms with Gasteiger partial charge in [-0.1, -0.05) is 42.3 Å². The smallest absolute Gasteiger partial charge is 0.243 e. The lowest BCUT2D eigenvalue weighted by Crippen LogP contribution is -2.53. The Hall–Kier alpha value is -2.44. The number of hydrogen-bond acceptors (Lipinski definition) is 4. The summed E-state index contributed by atoms with van der Waals surface area (Å²) >= 11 is 12.8. The van der Waals surface area contributed by atoms with E-state index in [4.69, 9.17) is 32.7 Å². The zero-order chi connectivity index (χ0) is 26.9. The second-order valence-corrected chi connectivity index (χ2v) is 10.3. The molecule has 0 saturated heterocycles. The minimum atomic E-state index is -0.664. The molecule has 2 aromatic carbocycles. The molecule has 0 bridgehead atoms. The Kier molecular flexibility index (Phi) is 11.4. The second kappa shape index (κ2) is 13.8. The maximum Gasteiger partial charge on any atom is 0.243 e. The highest BCUT2D eigenvalue weighted by Gasteiger charge is 2.31. The minimum absolute atomic E-state index is 0.140. The predicted molar refractivity (Wildman–Crippen MR) is 146 cm³/mol. The van der Waals surface area contributed by atoms with Crippen LogP contribution in [0.5, 0.6) is 11.5 Å². The molecule has 36 heavy (non-hydrogen) atoms. The Morgan fingerprint density at radius 1 is 0.972 bits per heavy atom. The normalized spacial score (nSPS) is 12.1. The van der Waals surface area contributed by atoms with Crippen LogP contribution in [0.2, 0.25) is 10.0 Å². The lowest BCUT2D eigenvalue weighted by Gasteiger charge is -2.33. The number of nitrogens with one attached hydrogen (secondary N) is 1. The van der Waals surface area contributed by atoms with Gasteiger partial charge in [0, 0.05) is 34.1 Å². The summed E-state index contributed by atoms with van der Waals surface area (Å²) in [6.45, 7) is 12.6. The Morgan fingerprint density at radius 3 is 2.14 bits per heavy atom. The van der Waals surface area contributed by atoms with Crippen LogP contribution in [0, 0.1) is 0 Å². The van der Waals surface area contributed by atoms with E-state index in [0.717, 1.165) is 5.56 Å². The van der Waals surface area contributed by atoms with E-state index in [0.29, 0.717) is 53.2 Å². The van der Waals surface area contributed by atoms with Gasteiger partial charge >= 0.3 is 0 Å². The van der Waals surface area contributed by atoms with Gasteiger partial charge < -0.3 is 19.7 Å². The van der Waals surface area contributed by atoms with E-state index in [1.165, 1.54) is 0 Å². The summed E-state index contributed by atoms with van der Waals surface area (Å²) in [6, 6.07) is 10.3. The van der Waals surface area contributed by atoms with Crippen LogP contribution in [-0.4, -0.2) is 41.5 Å². The third-order valence-electron chi connectivity index (χ3n) is 5.51. The number of halogens is 2. The van der Waals surface area contributed by atoms with Crippen LogP contribution < -0.4 is 14.8 Å². The van der Waals surface area contributed by atoms with E-state index in [1.807, 2.05) is 59.7 Å². The van der Waals surface area contributed by atoms with Crippen LogP contribution in [0.4, 0.5) is 0 Å². The second-order valence-electron chi connectivity index (χ2n) is 9.53. The van der Waals surface area contributed by atoms with E-state index in [-0.39, 0.29) is 24.8 Å². The molecule has 8 heteroatoms. The van der Waals surface area contributed by atoms with E-state index < -0.39 is 11.6 Å². The molecule has 0 aliphatic heterocycles. The zero-order valence-corrected chi connectivity index (χ0v) is 23.6. The van der Waals surface area contributed by atoms with Crippen LogP contribution in [0.3, 0.4) is 0 Å². The average molecular weight is 538 g/mol. The molecule has 1 N–H and O–H groups in total. The van der Waals surface area contributed by atoms with Crippen molar-refractivity contribution in [2.75, 3.05) is 13.2 Å². The van der Waals surface area contributed by atoms with E-state index >= 15 is 0 Å². The molecule has 198 valence electrons. The molecule has 2 rings (SSSR count). The van der Waals surface area contributed by atoms with Crippen LogP contribution in [0.1, 0.15) is 65.5 Å². The fraction of sp³-hybridized carbons (Fsp3) is 0.500. The van der Waals surface area contributed by atoms with Crippen molar-refractivity contribution in [1.29, 1.82) is 0 Å². The van der Waals surface area contributed by atoms with E-state index in [9.17, 15) is 9.59 Å². The topological polar surface area (TPSA) is 67.9 Å². The summed E-state index contributed by atoms with van der Waals surface area (Å²) in [5, 5.41) is 3.92. The highest BCUT2D eigenvalue weighted by Crippen LogP contribution is 2.30. The minimum Gasteiger partial charge on any atom is -0.490 e. The van der Waals surface area contributed by atoms with Gasteiger partial charge in [-0.15, -0.1) is 0 Å². The summed E-state index contributed by atoms with van der Waals surface area (Å²) in [6.07, 6.45) is 1.14. The van der Waals surface area contributed by atoms with Crippen LogP contribution in [-0.2, 0) is 22.6 Å². The number of ether oxygens (including phenoxy) is 2. The molecule has 1 atom stereocenters. The van der Waals surface area contributed by atoms with Gasteiger partial charge in [0.15, 0.2) is 11.5 Å². The fourth-order valence-corrected chi connectivity index (χ4v) is 4.39. The number of carbonyl (C=O) groups is 2. The Balaban J connectivity index is 2.31. The molecule has 0 aliphatic rings. The summed E-state index contributed by atoms with van der Waals surface area (Å²) in [4.78, 5) is 28.4. The van der Waals surface area contributed by atoms with E-state index in [1.54, 1.807) is 23.1 Å². The lowest BCUT2D eigenvalue weighted by molar-refractivity contribution is -0.142. The highest BCUT2D eigenvalue weighted by atomic mass is 35.5. The van der Waals surface area contributed by atoms with Crippen molar-refractivity contribution in [2.45, 2.75) is 78.9 Å². The van der Waals surface area contributed by atoms with Crippen molar-refractivity contribution in [1.82, 2.24) is 10.2 Å². The number of carbonyl (C=O) groups excluding carboxylic acids is 2. The van der Waals surface area contributed by atoms with Crippen molar-refractivity contribution in [3.63, 3.8) is 0 Å². The lowest BCUT2D eigenvalue weighted by atomic mass is 10.0. The van der Waals surface area contributed by atoms with Gasteiger partial charge in [0.1, 0.15) is 6.04 Å². The van der Waals surface area contributed by atoms with Gasteiger partial charge in [-0.05, 0) is 77.3 Å². The summed E-state index contributed by atoms with van der Waals surface area (Å²) in [7, 11) is 0. The number of amides is 2. The van der Waals surface area contributed by atoms with Crippen LogP contribution >= 0.6 is 23.2 Å². The standard InChI is InChI=1S/C28H38Cl2N2O4/c1-7-23(27(34)31-28(4,5)6)32(18-20-21(29)11-10-12-22(20)30)26(33)16-14-19-13-15-24(35-8-2)25(17-19)36-9-3/h10-13,15,17,23H,7-9,14,16,18H2,1-6H3,(H,31,34)/t23-/m0/s1. The molecule has 2 aromatic rings. The quantitative estimate of drug-likeness (QED) is 0.338. The van der Waals surface area contributed by atoms with E-state index in [2.05, 4.69) is 5.32 Å². The monoisotopic (exact) mass is 536 g/mol. The largest absolute Gasteiger partial charge is 0.490 e. The number of aryl methyl sites for hydroxylation is 1. The fourth-order valence-electron chi connectivity index (χ4n) is 3.87. The van der Waals surface area contributed by atoms with Gasteiger partial charge in [0.2, 0.25) is 11.8 Å². The van der Waals surface area contributed by atoms with Crippen molar-refractivity contribution in [2.24, 2.45) is 0 Å². The first-order chi connectivity index (χ1) is 17.0. The van der Waals surface area contributed by atoms with Crippen LogP contribution in [0.15, 0.2) is 36.4 Å². The van der Waals surface area contributed by atoms with Gasteiger partial charge in [0.05, 0.1) is 13.2 Å². The molecule has 0 aliphatic carbocycles. The highest BCUT2D eigenvalue weighted by molar-refractivity contribution is 6.36. The van der Waals surface area contributed by atoms with Crippen molar-refractivity contribution < 1.29 is 19.1 Å². The van der Waals surface area contributed by atoms with Gasteiger partial charge in [-0.25, -0.2) is 0 Å². The number of hydrogen-bond donors (Lipinski definition) is 1. The molecule has 0 fully saturated rings. The van der Waals surface area contributed by atoms with Crippen LogP contribution in [0.25, 0.3) is 0 Å². The summed E-state index contributed by atoms with van der Waals surface area (Å²) < 4.78 is 11.4. The molecule has 6 nitrogen and oxygen atoms in total.